The molecule has 1 rings (SSSR count). The largest absolute Gasteiger partial charge is 0.381 e. The number of nitrogens with two attached hydrogens (primary N) is 1. The number of hydrogen-bond donors (Lipinski definition) is 1. The van der Waals surface area contributed by atoms with Crippen molar-refractivity contribution in [1.82, 2.24) is 4.31 Å². The van der Waals surface area contributed by atoms with Crippen LogP contribution in [0.5, 0.6) is 0 Å². The average Bonchev–Trinajstić information content (AvgIpc) is 2.04. The molecule has 0 aliphatic carbocycles. The van der Waals surface area contributed by atoms with Gasteiger partial charge in [0.2, 0.25) is 0 Å². The summed E-state index contributed by atoms with van der Waals surface area (Å²) in [6.45, 7) is 1.88. The van der Waals surface area contributed by atoms with Gasteiger partial charge in [0.1, 0.15) is 0 Å². The summed E-state index contributed by atoms with van der Waals surface area (Å²) in [5, 5.41) is 4.95. The van der Waals surface area contributed by atoms with Crippen molar-refractivity contribution in [1.29, 1.82) is 0 Å². The van der Waals surface area contributed by atoms with Crippen LogP contribution in [0.25, 0.3) is 0 Å². The van der Waals surface area contributed by atoms with Gasteiger partial charge < -0.3 is 4.74 Å². The van der Waals surface area contributed by atoms with E-state index in [1.54, 1.807) is 0 Å². The highest BCUT2D eigenvalue weighted by atomic mass is 32.2. The van der Waals surface area contributed by atoms with Crippen LogP contribution < -0.4 is 5.14 Å². The molecule has 6 heteroatoms. The van der Waals surface area contributed by atoms with E-state index >= 15 is 0 Å². The Labute approximate surface area is 79.0 Å². The maximum atomic E-state index is 10.9. The van der Waals surface area contributed by atoms with E-state index < -0.39 is 10.2 Å². The van der Waals surface area contributed by atoms with E-state index in [0.717, 1.165) is 19.4 Å². The molecule has 13 heavy (non-hydrogen) atoms. The zero-order chi connectivity index (χ0) is 9.90. The number of hydrogen-bond acceptors (Lipinski definition) is 3. The van der Waals surface area contributed by atoms with E-state index in [-0.39, 0.29) is 5.92 Å². The third-order valence-electron chi connectivity index (χ3n) is 2.20. The fraction of sp³-hybridized carbons (Fsp3) is 1.00. The molecule has 0 bridgehead atoms. The molecule has 0 amide bonds. The topological polar surface area (TPSA) is 72.6 Å². The van der Waals surface area contributed by atoms with E-state index in [9.17, 15) is 8.42 Å². The molecule has 2 N–H and O–H groups in total. The van der Waals surface area contributed by atoms with Gasteiger partial charge in [-0.05, 0) is 18.8 Å². The van der Waals surface area contributed by atoms with Crippen molar-refractivity contribution in [2.24, 2.45) is 11.1 Å². The van der Waals surface area contributed by atoms with Gasteiger partial charge in [-0.15, -0.1) is 0 Å². The van der Waals surface area contributed by atoms with Crippen LogP contribution in [0.3, 0.4) is 0 Å². The molecule has 0 aromatic heterocycles. The molecule has 1 unspecified atom stereocenters. The molecule has 1 heterocycles. The summed E-state index contributed by atoms with van der Waals surface area (Å²) in [6, 6.07) is 0. The van der Waals surface area contributed by atoms with Crippen molar-refractivity contribution in [3.63, 3.8) is 0 Å². The summed E-state index contributed by atoms with van der Waals surface area (Å²) in [5.41, 5.74) is 0. The lowest BCUT2D eigenvalue weighted by Gasteiger charge is -2.25. The lowest BCUT2D eigenvalue weighted by molar-refractivity contribution is 0.0495. The molecule has 1 fully saturated rings. The molecule has 0 spiro atoms. The third-order valence-corrected chi connectivity index (χ3v) is 3.22. The van der Waals surface area contributed by atoms with Crippen LogP contribution in [0, 0.1) is 5.92 Å². The highest BCUT2D eigenvalue weighted by Crippen LogP contribution is 2.14. The van der Waals surface area contributed by atoms with Gasteiger partial charge in [-0.3, -0.25) is 0 Å². The Hall–Kier alpha value is -0.170. The maximum absolute atomic E-state index is 10.9. The van der Waals surface area contributed by atoms with E-state index in [1.807, 2.05) is 0 Å². The highest BCUT2D eigenvalue weighted by molar-refractivity contribution is 7.86. The third kappa shape index (κ3) is 3.60. The van der Waals surface area contributed by atoms with E-state index in [4.69, 9.17) is 9.88 Å². The first-order valence-corrected chi connectivity index (χ1v) is 5.82. The molecular formula is C7H16N2O3S. The van der Waals surface area contributed by atoms with Gasteiger partial charge in [0.15, 0.2) is 0 Å². The summed E-state index contributed by atoms with van der Waals surface area (Å²) in [4.78, 5) is 0. The monoisotopic (exact) mass is 208 g/mol. The second-order valence-electron chi connectivity index (χ2n) is 3.41. The molecule has 1 aliphatic heterocycles. The first-order chi connectivity index (χ1) is 6.00. The first kappa shape index (κ1) is 10.9. The standard InChI is InChI=1S/C7H16N2O3S/c1-9(13(8,10)11)5-7-3-2-4-12-6-7/h7H,2-6H2,1H3,(H2,8,10,11). The Kier molecular flexibility index (Phi) is 3.66. The molecule has 0 saturated carbocycles. The minimum atomic E-state index is -3.52. The number of rotatable bonds is 3. The van der Waals surface area contributed by atoms with Gasteiger partial charge >= 0.3 is 0 Å². The Morgan fingerprint density at radius 2 is 2.31 bits per heavy atom. The lowest BCUT2D eigenvalue weighted by Crippen LogP contribution is -2.38. The van der Waals surface area contributed by atoms with Crippen LogP contribution in [0.4, 0.5) is 0 Å². The van der Waals surface area contributed by atoms with Crippen molar-refractivity contribution in [2.45, 2.75) is 12.8 Å². The average molecular weight is 208 g/mol. The predicted octanol–water partition coefficient (Wildman–Crippen LogP) is -0.452. The van der Waals surface area contributed by atoms with E-state index in [1.165, 1.54) is 11.4 Å². The first-order valence-electron chi connectivity index (χ1n) is 4.32. The van der Waals surface area contributed by atoms with Crippen LogP contribution >= 0.6 is 0 Å². The van der Waals surface area contributed by atoms with Crippen molar-refractivity contribution in [3.8, 4) is 0 Å². The van der Waals surface area contributed by atoms with Gasteiger partial charge in [-0.2, -0.15) is 12.7 Å². The quantitative estimate of drug-likeness (QED) is 0.682. The molecule has 0 aromatic rings. The van der Waals surface area contributed by atoms with E-state index in [2.05, 4.69) is 0 Å². The normalized spacial score (nSPS) is 25.0. The van der Waals surface area contributed by atoms with Crippen LogP contribution in [0.2, 0.25) is 0 Å². The second kappa shape index (κ2) is 4.36. The van der Waals surface area contributed by atoms with Gasteiger partial charge in [0.05, 0.1) is 6.61 Å². The fourth-order valence-corrected chi connectivity index (χ4v) is 1.84. The Morgan fingerprint density at radius 3 is 2.77 bits per heavy atom. The highest BCUT2D eigenvalue weighted by Gasteiger charge is 2.20. The van der Waals surface area contributed by atoms with Crippen molar-refractivity contribution >= 4 is 10.2 Å². The summed E-state index contributed by atoms with van der Waals surface area (Å²) in [5.74, 6) is 0.289. The molecule has 78 valence electrons. The van der Waals surface area contributed by atoms with Crippen molar-refractivity contribution in [2.75, 3.05) is 26.8 Å². The Bertz CT molecular complexity index is 246. The van der Waals surface area contributed by atoms with Gasteiger partial charge in [0, 0.05) is 20.2 Å². The SMILES string of the molecule is CN(CC1CCCOC1)S(N)(=O)=O. The minimum absolute atomic E-state index is 0.289. The Balaban J connectivity index is 2.39. The van der Waals surface area contributed by atoms with Gasteiger partial charge in [0.25, 0.3) is 10.2 Å². The summed E-state index contributed by atoms with van der Waals surface area (Å²) in [6.07, 6.45) is 2.02. The van der Waals surface area contributed by atoms with Crippen LogP contribution in [-0.4, -0.2) is 39.5 Å². The molecular weight excluding hydrogens is 192 g/mol. The number of ether oxygens (including phenoxy) is 1. The van der Waals surface area contributed by atoms with Crippen molar-refractivity contribution in [3.05, 3.63) is 0 Å². The van der Waals surface area contributed by atoms with Crippen LogP contribution in [-0.2, 0) is 14.9 Å². The zero-order valence-corrected chi connectivity index (χ0v) is 8.59. The van der Waals surface area contributed by atoms with Crippen LogP contribution in [0.1, 0.15) is 12.8 Å². The molecule has 0 aromatic carbocycles. The lowest BCUT2D eigenvalue weighted by atomic mass is 10.0. The summed E-state index contributed by atoms with van der Waals surface area (Å²) < 4.78 is 28.1. The minimum Gasteiger partial charge on any atom is -0.381 e. The zero-order valence-electron chi connectivity index (χ0n) is 7.77. The van der Waals surface area contributed by atoms with Crippen LogP contribution in [0.15, 0.2) is 0 Å². The van der Waals surface area contributed by atoms with E-state index in [0.29, 0.717) is 13.2 Å². The van der Waals surface area contributed by atoms with Crippen molar-refractivity contribution < 1.29 is 13.2 Å². The summed E-state index contributed by atoms with van der Waals surface area (Å²) in [7, 11) is -2.03. The predicted molar refractivity (Wildman–Crippen MR) is 49.3 cm³/mol. The molecule has 5 nitrogen and oxygen atoms in total. The maximum Gasteiger partial charge on any atom is 0.276 e. The van der Waals surface area contributed by atoms with Gasteiger partial charge in [-0.25, -0.2) is 5.14 Å². The smallest absolute Gasteiger partial charge is 0.276 e. The molecule has 1 saturated heterocycles. The Morgan fingerprint density at radius 1 is 1.62 bits per heavy atom. The molecule has 1 atom stereocenters. The molecule has 1 aliphatic rings. The summed E-state index contributed by atoms with van der Waals surface area (Å²) >= 11 is 0. The van der Waals surface area contributed by atoms with Gasteiger partial charge in [-0.1, -0.05) is 0 Å². The second-order valence-corrected chi connectivity index (χ2v) is 5.06. The fourth-order valence-electron chi connectivity index (χ4n) is 1.42. The molecule has 0 radical (unpaired) electrons. The number of nitrogens with zero attached hydrogens (tertiary/aromatic N) is 1.